The zero-order chi connectivity index (χ0) is 25.2. The van der Waals surface area contributed by atoms with Gasteiger partial charge in [-0.25, -0.2) is 0 Å². The highest BCUT2D eigenvalue weighted by Gasteiger charge is 2.80. The van der Waals surface area contributed by atoms with Crippen LogP contribution in [-0.4, -0.2) is 18.9 Å². The number of β-lactam (4-membered cyclic amide) rings is 1. The quantitative estimate of drug-likeness (QED) is 0.353. The lowest BCUT2D eigenvalue weighted by molar-refractivity contribution is -0.145. The van der Waals surface area contributed by atoms with Crippen molar-refractivity contribution < 1.29 is 9.59 Å². The Balaban J connectivity index is 1.75. The van der Waals surface area contributed by atoms with Crippen LogP contribution in [0.25, 0.3) is 0 Å². The predicted molar refractivity (Wildman–Crippen MR) is 143 cm³/mol. The smallest absolute Gasteiger partial charge is 0.259 e. The molecule has 2 aliphatic heterocycles. The first-order valence-corrected chi connectivity index (χ1v) is 12.3. The van der Waals surface area contributed by atoms with Gasteiger partial charge in [-0.15, -0.1) is 0 Å². The third-order valence-electron chi connectivity index (χ3n) is 7.93. The summed E-state index contributed by atoms with van der Waals surface area (Å²) >= 11 is 0. The molecule has 4 aromatic rings. The Morgan fingerprint density at radius 1 is 0.583 bits per heavy atom. The highest BCUT2D eigenvalue weighted by molar-refractivity contribution is 6.28. The number of amides is 2. The minimum atomic E-state index is -1.25. The van der Waals surface area contributed by atoms with E-state index < -0.39 is 11.0 Å². The molecule has 4 nitrogen and oxygen atoms in total. The van der Waals surface area contributed by atoms with E-state index >= 15 is 0 Å². The summed E-state index contributed by atoms with van der Waals surface area (Å²) in [6.07, 6.45) is 0. The van der Waals surface area contributed by atoms with E-state index in [1.165, 1.54) is 0 Å². The van der Waals surface area contributed by atoms with E-state index in [9.17, 15) is 9.59 Å². The Morgan fingerprint density at radius 2 is 1.06 bits per heavy atom. The van der Waals surface area contributed by atoms with Crippen molar-refractivity contribution in [3.05, 3.63) is 130 Å². The average molecular weight is 473 g/mol. The largest absolute Gasteiger partial charge is 0.313 e. The molecular formula is C32H28N2O2. The topological polar surface area (TPSA) is 40.6 Å². The number of hydrogen-bond acceptors (Lipinski definition) is 2. The molecule has 0 saturated carbocycles. The van der Waals surface area contributed by atoms with Crippen LogP contribution >= 0.6 is 0 Å². The lowest BCUT2D eigenvalue weighted by Gasteiger charge is -2.62. The van der Waals surface area contributed by atoms with Crippen LogP contribution in [0.3, 0.4) is 0 Å². The second kappa shape index (κ2) is 7.66. The number of anilines is 2. The highest BCUT2D eigenvalue weighted by atomic mass is 16.2. The number of fused-ring (bicyclic) bond motifs is 2. The molecule has 2 aliphatic rings. The van der Waals surface area contributed by atoms with Gasteiger partial charge in [-0.3, -0.25) is 14.5 Å². The van der Waals surface area contributed by atoms with E-state index in [1.54, 1.807) is 16.8 Å². The van der Waals surface area contributed by atoms with E-state index in [0.717, 1.165) is 44.8 Å². The molecule has 1 spiro atoms. The summed E-state index contributed by atoms with van der Waals surface area (Å²) in [7, 11) is 1.81. The molecule has 6 rings (SSSR count). The standard InChI is InChI=1S/C32H28N2O2/c1-21-9-15-24(16-10-21)31(25-17-11-22(2)12-18-25)29(35)34(26-19-13-23(3)14-20-26)32(31)27-7-5-6-8-28(27)33(4)30(32)36/h5-20H,1-4H3. The maximum absolute atomic E-state index is 14.7. The van der Waals surface area contributed by atoms with Gasteiger partial charge < -0.3 is 4.90 Å². The molecule has 1 fully saturated rings. The lowest BCUT2D eigenvalue weighted by atomic mass is 9.51. The molecule has 178 valence electrons. The molecule has 1 saturated heterocycles. The molecule has 0 aromatic heterocycles. The van der Waals surface area contributed by atoms with Gasteiger partial charge in [0.25, 0.3) is 5.91 Å². The maximum Gasteiger partial charge on any atom is 0.259 e. The number of carbonyl (C=O) groups excluding carboxylic acids is 2. The first-order valence-electron chi connectivity index (χ1n) is 12.3. The number of rotatable bonds is 3. The molecule has 2 amide bonds. The molecule has 36 heavy (non-hydrogen) atoms. The molecule has 2 heterocycles. The summed E-state index contributed by atoms with van der Waals surface area (Å²) < 4.78 is 0. The van der Waals surface area contributed by atoms with E-state index in [2.05, 4.69) is 0 Å². The molecule has 1 atom stereocenters. The van der Waals surface area contributed by atoms with Crippen molar-refractivity contribution in [2.24, 2.45) is 0 Å². The first kappa shape index (κ1) is 22.3. The Morgan fingerprint density at radius 3 is 1.58 bits per heavy atom. The molecule has 1 unspecified atom stereocenters. The van der Waals surface area contributed by atoms with Crippen molar-refractivity contribution in [3.63, 3.8) is 0 Å². The number of nitrogens with zero attached hydrogens (tertiary/aromatic N) is 2. The highest BCUT2D eigenvalue weighted by Crippen LogP contribution is 2.65. The van der Waals surface area contributed by atoms with Gasteiger partial charge in [0.1, 0.15) is 5.41 Å². The Hall–Kier alpha value is -4.18. The average Bonchev–Trinajstić information content (AvgIpc) is 3.12. The normalized spacial score (nSPS) is 20.0. The fraction of sp³-hybridized carbons (Fsp3) is 0.188. The second-order valence-electron chi connectivity index (χ2n) is 10.0. The minimum absolute atomic E-state index is 0.0995. The number of carbonyl (C=O) groups is 2. The van der Waals surface area contributed by atoms with Gasteiger partial charge in [-0.2, -0.15) is 0 Å². The fourth-order valence-corrected chi connectivity index (χ4v) is 6.15. The van der Waals surface area contributed by atoms with Gasteiger partial charge in [-0.05, 0) is 50.1 Å². The van der Waals surface area contributed by atoms with E-state index in [1.807, 2.05) is 118 Å². The third kappa shape index (κ3) is 2.59. The summed E-state index contributed by atoms with van der Waals surface area (Å²) in [5.74, 6) is -0.206. The molecule has 4 heteroatoms. The van der Waals surface area contributed by atoms with Crippen LogP contribution in [0.1, 0.15) is 33.4 Å². The fourth-order valence-electron chi connectivity index (χ4n) is 6.15. The maximum atomic E-state index is 14.7. The summed E-state index contributed by atoms with van der Waals surface area (Å²) in [5.41, 5.74) is 4.88. The molecule has 0 N–H and O–H groups in total. The van der Waals surface area contributed by atoms with Crippen molar-refractivity contribution in [3.8, 4) is 0 Å². The zero-order valence-electron chi connectivity index (χ0n) is 20.9. The molecular weight excluding hydrogens is 444 g/mol. The molecule has 0 aliphatic carbocycles. The van der Waals surface area contributed by atoms with Crippen LogP contribution < -0.4 is 9.80 Å². The zero-order valence-corrected chi connectivity index (χ0v) is 20.9. The van der Waals surface area contributed by atoms with E-state index in [0.29, 0.717) is 0 Å². The van der Waals surface area contributed by atoms with Crippen LogP contribution in [0.4, 0.5) is 11.4 Å². The van der Waals surface area contributed by atoms with Crippen molar-refractivity contribution in [2.75, 3.05) is 16.8 Å². The Kier molecular flexibility index (Phi) is 4.74. The molecule has 0 radical (unpaired) electrons. The second-order valence-corrected chi connectivity index (χ2v) is 10.0. The summed E-state index contributed by atoms with van der Waals surface area (Å²) in [4.78, 5) is 32.8. The monoisotopic (exact) mass is 472 g/mol. The van der Waals surface area contributed by atoms with Crippen LogP contribution in [0.2, 0.25) is 0 Å². The third-order valence-corrected chi connectivity index (χ3v) is 7.93. The number of benzene rings is 4. The van der Waals surface area contributed by atoms with Crippen molar-refractivity contribution >= 4 is 23.2 Å². The van der Waals surface area contributed by atoms with Gasteiger partial charge in [-0.1, -0.05) is 95.6 Å². The minimum Gasteiger partial charge on any atom is -0.313 e. The molecule has 0 bridgehead atoms. The number of aryl methyl sites for hydroxylation is 3. The van der Waals surface area contributed by atoms with Gasteiger partial charge >= 0.3 is 0 Å². The number of para-hydroxylation sites is 1. The number of likely N-dealkylation sites (N-methyl/N-ethyl adjacent to an activating group) is 1. The summed E-state index contributed by atoms with van der Waals surface area (Å²) in [6.45, 7) is 6.08. The van der Waals surface area contributed by atoms with Crippen LogP contribution in [0.5, 0.6) is 0 Å². The Labute approximate surface area is 211 Å². The van der Waals surface area contributed by atoms with E-state index in [4.69, 9.17) is 0 Å². The van der Waals surface area contributed by atoms with Gasteiger partial charge in [0.2, 0.25) is 5.91 Å². The van der Waals surface area contributed by atoms with Crippen molar-refractivity contribution in [1.82, 2.24) is 0 Å². The SMILES string of the molecule is Cc1ccc(N2C(=O)C(c3ccc(C)cc3)(c3ccc(C)cc3)C23C(=O)N(C)c2ccccc23)cc1. The van der Waals surface area contributed by atoms with Crippen molar-refractivity contribution in [2.45, 2.75) is 31.7 Å². The predicted octanol–water partition coefficient (Wildman–Crippen LogP) is 5.82. The van der Waals surface area contributed by atoms with Gasteiger partial charge in [0.15, 0.2) is 5.54 Å². The van der Waals surface area contributed by atoms with Crippen LogP contribution in [-0.2, 0) is 20.5 Å². The van der Waals surface area contributed by atoms with Gasteiger partial charge in [0, 0.05) is 24.0 Å². The summed E-state index contributed by atoms with van der Waals surface area (Å²) in [5, 5.41) is 0. The number of hydrogen-bond donors (Lipinski definition) is 0. The lowest BCUT2D eigenvalue weighted by Crippen LogP contribution is -2.81. The molecule has 4 aromatic carbocycles. The Bertz CT molecular complexity index is 1460. The van der Waals surface area contributed by atoms with Crippen molar-refractivity contribution in [1.29, 1.82) is 0 Å². The summed E-state index contributed by atoms with van der Waals surface area (Å²) in [6, 6.07) is 31.9. The van der Waals surface area contributed by atoms with Crippen LogP contribution in [0, 0.1) is 20.8 Å². The van der Waals surface area contributed by atoms with Gasteiger partial charge in [0.05, 0.1) is 0 Å². The van der Waals surface area contributed by atoms with Crippen LogP contribution in [0.15, 0.2) is 97.1 Å². The van der Waals surface area contributed by atoms with E-state index in [-0.39, 0.29) is 11.8 Å². The first-order chi connectivity index (χ1) is 17.3.